The van der Waals surface area contributed by atoms with E-state index in [1.54, 1.807) is 0 Å². The van der Waals surface area contributed by atoms with Gasteiger partial charge >= 0.3 is 0 Å². The molecule has 8 aromatic carbocycles. The molecule has 68 heavy (non-hydrogen) atoms. The number of nitrogens with zero attached hydrogens (tertiary/aromatic N) is 4. The molecule has 0 N–H and O–H groups in total. The van der Waals surface area contributed by atoms with Crippen LogP contribution in [0.5, 0.6) is 0 Å². The molecule has 6 heterocycles. The number of halogens is 2. The molecule has 0 fully saturated rings. The van der Waals surface area contributed by atoms with Crippen LogP contribution in [0.2, 0.25) is 0 Å². The Labute approximate surface area is 476 Å². The normalized spacial score (nSPS) is 11.1. The third-order valence-corrected chi connectivity index (χ3v) is 16.2. The van der Waals surface area contributed by atoms with Gasteiger partial charge in [-0.05, 0) is 202 Å². The van der Waals surface area contributed by atoms with Gasteiger partial charge in [0.15, 0.2) is 0 Å². The first kappa shape index (κ1) is 49.5. The molecule has 0 aliphatic carbocycles. The second-order valence-corrected chi connectivity index (χ2v) is 23.2. The zero-order valence-corrected chi connectivity index (χ0v) is 49.3. The maximum Gasteiger partial charge on any atom is 0.0905 e. The number of thiophene rings is 4. The predicted octanol–water partition coefficient (Wildman–Crippen LogP) is 18.5. The third kappa shape index (κ3) is 10.7. The molecule has 0 amide bonds. The summed E-state index contributed by atoms with van der Waals surface area (Å²) in [7, 11) is 0. The largest absolute Gasteiger partial charge is 0.335 e. The van der Waals surface area contributed by atoms with Crippen LogP contribution in [-0.4, -0.2) is 19.9 Å². The van der Waals surface area contributed by atoms with Crippen LogP contribution in [0.15, 0.2) is 155 Å². The van der Waals surface area contributed by atoms with Crippen molar-refractivity contribution < 1.29 is 65.4 Å². The minimum atomic E-state index is 0. The van der Waals surface area contributed by atoms with E-state index in [0.717, 1.165) is 53.1 Å². The topological polar surface area (TPSA) is 51.6 Å². The standard InChI is InChI=1S/2C16H12S2.C12H6Br2N2.C12H6N2.2Y/c2*1-9-3-13-5-11-8-16-14(4-10(2)18-16)6-12(11)7-15(13)17-9;13-7-1-3-9-11(5-7)16-10-4-2-8(14)6-12(10)15-9;1-2-6-10-9(5-1)13-11-7-3-4-8-12(11)14-10;;/h2*3-8H,1-2H3;1-6H;1,4-8H;;/q;;;-2;;. The summed E-state index contributed by atoms with van der Waals surface area (Å²) in [6, 6.07) is 56.7. The van der Waals surface area contributed by atoms with Gasteiger partial charge < -0.3 is 9.97 Å². The molecule has 0 bridgehead atoms. The van der Waals surface area contributed by atoms with Crippen molar-refractivity contribution in [1.29, 1.82) is 0 Å². The fourth-order valence-corrected chi connectivity index (χ4v) is 12.8. The molecule has 0 unspecified atom stereocenters. The van der Waals surface area contributed by atoms with Crippen molar-refractivity contribution in [2.75, 3.05) is 0 Å². The number of rotatable bonds is 0. The van der Waals surface area contributed by atoms with Crippen LogP contribution in [0.4, 0.5) is 0 Å². The summed E-state index contributed by atoms with van der Waals surface area (Å²) in [5, 5.41) is 10.9. The second-order valence-electron chi connectivity index (χ2n) is 16.2. The molecule has 6 aromatic heterocycles. The van der Waals surface area contributed by atoms with Gasteiger partial charge in [-0.25, -0.2) is 9.97 Å². The fourth-order valence-electron chi connectivity index (χ4n) is 8.25. The first-order valence-corrected chi connectivity index (χ1v) is 26.0. The number of hydrogen-bond acceptors (Lipinski definition) is 8. The maximum atomic E-state index is 4.57. The predicted molar refractivity (Wildman–Crippen MR) is 296 cm³/mol. The molecule has 4 nitrogen and oxygen atoms in total. The van der Waals surface area contributed by atoms with Crippen LogP contribution in [0, 0.1) is 39.8 Å². The van der Waals surface area contributed by atoms with Gasteiger partial charge in [0.2, 0.25) is 0 Å². The third-order valence-electron chi connectivity index (χ3n) is 11.2. The average Bonchev–Trinajstić information content (AvgIpc) is 4.06. The van der Waals surface area contributed by atoms with Crippen molar-refractivity contribution >= 4 is 183 Å². The molecule has 0 aliphatic heterocycles. The summed E-state index contributed by atoms with van der Waals surface area (Å²) >= 11 is 14.4. The van der Waals surface area contributed by atoms with E-state index >= 15 is 0 Å². The Morgan fingerprint density at radius 1 is 0.324 bits per heavy atom. The van der Waals surface area contributed by atoms with Crippen LogP contribution in [0.3, 0.4) is 0 Å². The summed E-state index contributed by atoms with van der Waals surface area (Å²) in [6.45, 7) is 8.71. The van der Waals surface area contributed by atoms with Gasteiger partial charge in [-0.15, -0.1) is 57.5 Å². The van der Waals surface area contributed by atoms with E-state index < -0.39 is 0 Å². The smallest absolute Gasteiger partial charge is 0.0905 e. The van der Waals surface area contributed by atoms with E-state index in [9.17, 15) is 0 Å². The number of aryl methyl sites for hydroxylation is 4. The Morgan fingerprint density at radius 3 is 0.941 bits per heavy atom. The van der Waals surface area contributed by atoms with Gasteiger partial charge in [0.25, 0.3) is 0 Å². The summed E-state index contributed by atoms with van der Waals surface area (Å²) in [4.78, 5) is 23.6. The van der Waals surface area contributed by atoms with Crippen molar-refractivity contribution in [2.24, 2.45) is 0 Å². The molecule has 2 radical (unpaired) electrons. The summed E-state index contributed by atoms with van der Waals surface area (Å²) in [5.41, 5.74) is 7.19. The van der Waals surface area contributed by atoms with Gasteiger partial charge in [-0.3, -0.25) is 0 Å². The van der Waals surface area contributed by atoms with Crippen LogP contribution in [-0.2, 0) is 65.4 Å². The van der Waals surface area contributed by atoms with E-state index in [0.29, 0.717) is 0 Å². The van der Waals surface area contributed by atoms with Gasteiger partial charge in [0.05, 0.1) is 22.1 Å². The molecule has 12 heteroatoms. The summed E-state index contributed by atoms with van der Waals surface area (Å²) in [5.74, 6) is 0. The van der Waals surface area contributed by atoms with Crippen molar-refractivity contribution in [3.05, 3.63) is 186 Å². The second kappa shape index (κ2) is 21.1. The monoisotopic (exact) mass is 1230 g/mol. The number of hydrogen-bond donors (Lipinski definition) is 0. The Bertz CT molecular complexity index is 3580. The molecule has 0 saturated heterocycles. The van der Waals surface area contributed by atoms with Crippen molar-refractivity contribution in [2.45, 2.75) is 27.7 Å². The fraction of sp³-hybridized carbons (Fsp3) is 0.0714. The summed E-state index contributed by atoms with van der Waals surface area (Å²) in [6.07, 6.45) is 0. The Balaban J connectivity index is 0.000000113. The molecular weight excluding hydrogens is 1190 g/mol. The SMILES string of the molecule is Brc1ccc2nc3cc(Br)ccc3nc2c1.Cc1cc2cc3cc4sc(C)cc4cc3cc2s1.Cc1cc2cc3cc4sc(C)cc4cc3cc2s1.[Y].[Y].[c-]1ccc2nc3c[c-]ccc3nc2c1. The van der Waals surface area contributed by atoms with Gasteiger partial charge in [0.1, 0.15) is 0 Å². The first-order valence-electron chi connectivity index (χ1n) is 21.2. The zero-order chi connectivity index (χ0) is 45.1. The number of fused-ring (bicyclic) bond motifs is 10. The van der Waals surface area contributed by atoms with Gasteiger partial charge in [-0.2, -0.15) is 36.4 Å². The number of benzene rings is 8. The summed E-state index contributed by atoms with van der Waals surface area (Å²) < 4.78 is 7.62. The van der Waals surface area contributed by atoms with Crippen LogP contribution < -0.4 is 0 Å². The van der Waals surface area contributed by atoms with Crippen molar-refractivity contribution in [3.8, 4) is 0 Å². The molecule has 0 atom stereocenters. The average molecular weight is 1230 g/mol. The van der Waals surface area contributed by atoms with Gasteiger partial charge in [-0.1, -0.05) is 31.9 Å². The molecule has 0 saturated carbocycles. The minimum Gasteiger partial charge on any atom is -0.335 e. The molecular formula is C56H36Br2N4S4Y2-2. The molecule has 326 valence electrons. The zero-order valence-electron chi connectivity index (χ0n) is 37.2. The molecule has 14 aromatic rings. The Morgan fingerprint density at radius 2 is 0.618 bits per heavy atom. The minimum absolute atomic E-state index is 0. The first-order chi connectivity index (χ1) is 32.0. The Hall–Kier alpha value is -3.51. The van der Waals surface area contributed by atoms with E-state index in [1.807, 2.05) is 118 Å². The van der Waals surface area contributed by atoms with Crippen molar-refractivity contribution in [3.63, 3.8) is 0 Å². The van der Waals surface area contributed by atoms with E-state index in [2.05, 4.69) is 164 Å². The quantitative estimate of drug-likeness (QED) is 0.112. The van der Waals surface area contributed by atoms with Gasteiger partial charge in [0, 0.05) is 113 Å². The van der Waals surface area contributed by atoms with Crippen LogP contribution >= 0.6 is 77.2 Å². The van der Waals surface area contributed by atoms with E-state index in [-0.39, 0.29) is 65.4 Å². The Kier molecular flexibility index (Phi) is 15.3. The van der Waals surface area contributed by atoms with Crippen molar-refractivity contribution in [1.82, 2.24) is 19.9 Å². The number of aromatic nitrogens is 4. The van der Waals surface area contributed by atoms with E-state index in [1.165, 1.54) is 81.4 Å². The van der Waals surface area contributed by atoms with Crippen LogP contribution in [0.25, 0.3) is 106 Å². The molecule has 0 aliphatic rings. The van der Waals surface area contributed by atoms with Crippen LogP contribution in [0.1, 0.15) is 19.5 Å². The van der Waals surface area contributed by atoms with E-state index in [4.69, 9.17) is 0 Å². The molecule has 0 spiro atoms. The maximum absolute atomic E-state index is 4.57. The molecule has 14 rings (SSSR count).